The van der Waals surface area contributed by atoms with Gasteiger partial charge < -0.3 is 9.88 Å². The number of aryl methyl sites for hydroxylation is 2. The number of hydrogen-bond donors (Lipinski definition) is 2. The number of anilines is 1. The number of rotatable bonds is 6. The molecule has 11 heteroatoms. The maximum atomic E-state index is 12.7. The zero-order valence-corrected chi connectivity index (χ0v) is 14.9. The number of halogens is 3. The molecule has 0 saturated heterocycles. The third kappa shape index (κ3) is 3.98. The number of alkyl halides is 3. The fraction of sp³-hybridized carbons (Fsp3) is 0.412. The van der Waals surface area contributed by atoms with Crippen molar-refractivity contribution in [1.82, 2.24) is 35.1 Å². The van der Waals surface area contributed by atoms with Crippen LogP contribution in [0.3, 0.4) is 0 Å². The van der Waals surface area contributed by atoms with E-state index in [1.54, 1.807) is 4.68 Å². The minimum Gasteiger partial charge on any atom is -0.356 e. The highest BCUT2D eigenvalue weighted by Crippen LogP contribution is 2.29. The number of nitrogens with zero attached hydrogens (tertiary/aromatic N) is 6. The van der Waals surface area contributed by atoms with E-state index in [1.807, 2.05) is 6.33 Å². The van der Waals surface area contributed by atoms with Gasteiger partial charge in [0.05, 0.1) is 24.3 Å². The third-order valence-corrected chi connectivity index (χ3v) is 4.64. The Morgan fingerprint density at radius 2 is 1.93 bits per heavy atom. The first kappa shape index (κ1) is 18.4. The fourth-order valence-corrected chi connectivity index (χ4v) is 3.17. The fourth-order valence-electron chi connectivity index (χ4n) is 3.17. The van der Waals surface area contributed by atoms with Gasteiger partial charge in [-0.1, -0.05) is 12.1 Å². The number of tetrazole rings is 1. The molecule has 0 bridgehead atoms. The van der Waals surface area contributed by atoms with Crippen molar-refractivity contribution in [3.8, 4) is 0 Å². The van der Waals surface area contributed by atoms with Crippen LogP contribution in [0.1, 0.15) is 29.1 Å². The molecule has 8 nitrogen and oxygen atoms in total. The molecular weight excluding hydrogens is 373 g/mol. The van der Waals surface area contributed by atoms with Crippen molar-refractivity contribution in [3.63, 3.8) is 0 Å². The lowest BCUT2D eigenvalue weighted by Crippen LogP contribution is -2.28. The van der Waals surface area contributed by atoms with Gasteiger partial charge in [0, 0.05) is 26.1 Å². The molecule has 0 fully saturated rings. The van der Waals surface area contributed by atoms with Crippen LogP contribution in [0.4, 0.5) is 19.0 Å². The average molecular weight is 392 g/mol. The second-order valence-corrected chi connectivity index (χ2v) is 6.56. The highest BCUT2D eigenvalue weighted by atomic mass is 19.4. The predicted octanol–water partition coefficient (Wildman–Crippen LogP) is 2.04. The lowest BCUT2D eigenvalue weighted by Gasteiger charge is -2.16. The summed E-state index contributed by atoms with van der Waals surface area (Å²) in [4.78, 5) is 4.35. The number of imidazole rings is 1. The van der Waals surface area contributed by atoms with Crippen molar-refractivity contribution in [3.05, 3.63) is 53.2 Å². The molecule has 2 N–H and O–H groups in total. The van der Waals surface area contributed by atoms with Crippen molar-refractivity contribution in [2.45, 2.75) is 38.7 Å². The first-order valence-electron chi connectivity index (χ1n) is 8.90. The monoisotopic (exact) mass is 392 g/mol. The Hall–Kier alpha value is -2.95. The molecule has 28 heavy (non-hydrogen) atoms. The number of hydrogen-bond acceptors (Lipinski definition) is 6. The molecule has 2 aromatic heterocycles. The van der Waals surface area contributed by atoms with Crippen molar-refractivity contribution in [1.29, 1.82) is 0 Å². The molecule has 0 atom stereocenters. The van der Waals surface area contributed by atoms with E-state index < -0.39 is 11.7 Å². The van der Waals surface area contributed by atoms with Gasteiger partial charge in [-0.3, -0.25) is 5.32 Å². The minimum absolute atomic E-state index is 0.374. The smallest absolute Gasteiger partial charge is 0.356 e. The van der Waals surface area contributed by atoms with Crippen molar-refractivity contribution < 1.29 is 13.2 Å². The SMILES string of the molecule is FC(F)(F)c1ccc(Cc2nnnn2CCCn2cnc3c2CNCN3)cc1. The van der Waals surface area contributed by atoms with E-state index >= 15 is 0 Å². The summed E-state index contributed by atoms with van der Waals surface area (Å²) >= 11 is 0. The van der Waals surface area contributed by atoms with E-state index in [-0.39, 0.29) is 0 Å². The summed E-state index contributed by atoms with van der Waals surface area (Å²) in [6.45, 7) is 2.86. The standard InChI is InChI=1S/C17H19F3N8/c18-17(19,20)13-4-2-12(3-5-13)8-15-24-25-26-28(15)7-1-6-27-11-23-16-14(27)9-21-10-22-16/h2-5,11,21-22H,1,6-10H2. The van der Waals surface area contributed by atoms with E-state index in [4.69, 9.17) is 0 Å². The quantitative estimate of drug-likeness (QED) is 0.668. The molecule has 3 aromatic rings. The maximum absolute atomic E-state index is 12.7. The first-order chi connectivity index (χ1) is 13.5. The van der Waals surface area contributed by atoms with Crippen LogP contribution in [0.2, 0.25) is 0 Å². The van der Waals surface area contributed by atoms with Crippen LogP contribution in [-0.2, 0) is 32.2 Å². The molecular formula is C17H19F3N8. The van der Waals surface area contributed by atoms with Gasteiger partial charge >= 0.3 is 6.18 Å². The lowest BCUT2D eigenvalue weighted by molar-refractivity contribution is -0.137. The second kappa shape index (κ2) is 7.58. The molecule has 1 aliphatic rings. The summed E-state index contributed by atoms with van der Waals surface area (Å²) in [5.74, 6) is 1.53. The topological polar surface area (TPSA) is 85.5 Å². The van der Waals surface area contributed by atoms with Crippen LogP contribution >= 0.6 is 0 Å². The van der Waals surface area contributed by atoms with E-state index in [0.717, 1.165) is 48.7 Å². The van der Waals surface area contributed by atoms with Crippen molar-refractivity contribution in [2.75, 3.05) is 12.0 Å². The number of nitrogens with one attached hydrogen (secondary N) is 2. The predicted molar refractivity (Wildman–Crippen MR) is 94.2 cm³/mol. The zero-order chi connectivity index (χ0) is 19.6. The molecule has 0 radical (unpaired) electrons. The molecule has 0 amide bonds. The summed E-state index contributed by atoms with van der Waals surface area (Å²) < 4.78 is 41.8. The Labute approximate surface area is 158 Å². The molecule has 1 aliphatic heterocycles. The highest BCUT2D eigenvalue weighted by Gasteiger charge is 2.30. The van der Waals surface area contributed by atoms with Gasteiger partial charge in [0.2, 0.25) is 0 Å². The number of aromatic nitrogens is 6. The van der Waals surface area contributed by atoms with Gasteiger partial charge in [-0.25, -0.2) is 9.67 Å². The van der Waals surface area contributed by atoms with Gasteiger partial charge in [0.1, 0.15) is 5.82 Å². The number of benzene rings is 1. The Balaban J connectivity index is 1.36. The molecule has 3 heterocycles. The van der Waals surface area contributed by atoms with E-state index in [0.29, 0.717) is 25.5 Å². The molecule has 4 rings (SSSR count). The molecule has 0 saturated carbocycles. The second-order valence-electron chi connectivity index (χ2n) is 6.56. The minimum atomic E-state index is -4.34. The maximum Gasteiger partial charge on any atom is 0.416 e. The normalized spacial score (nSPS) is 14.0. The molecule has 0 unspecified atom stereocenters. The summed E-state index contributed by atoms with van der Waals surface area (Å²) in [7, 11) is 0. The van der Waals surface area contributed by atoms with Crippen LogP contribution in [0, 0.1) is 0 Å². The first-order valence-corrected chi connectivity index (χ1v) is 8.90. The van der Waals surface area contributed by atoms with Crippen LogP contribution in [0.5, 0.6) is 0 Å². The zero-order valence-electron chi connectivity index (χ0n) is 14.9. The van der Waals surface area contributed by atoms with Crippen molar-refractivity contribution >= 4 is 5.82 Å². The van der Waals surface area contributed by atoms with E-state index in [1.165, 1.54) is 12.1 Å². The summed E-state index contributed by atoms with van der Waals surface area (Å²) in [6.07, 6.45) is -1.35. The van der Waals surface area contributed by atoms with Crippen LogP contribution in [0.25, 0.3) is 0 Å². The summed E-state index contributed by atoms with van der Waals surface area (Å²) in [5, 5.41) is 18.1. The van der Waals surface area contributed by atoms with Gasteiger partial charge in [-0.2, -0.15) is 13.2 Å². The van der Waals surface area contributed by atoms with E-state index in [2.05, 4.69) is 35.7 Å². The summed E-state index contributed by atoms with van der Waals surface area (Å²) in [5.41, 5.74) is 1.18. The Morgan fingerprint density at radius 3 is 2.71 bits per heavy atom. The Morgan fingerprint density at radius 1 is 1.11 bits per heavy atom. The van der Waals surface area contributed by atoms with E-state index in [9.17, 15) is 13.2 Å². The van der Waals surface area contributed by atoms with Gasteiger partial charge in [-0.15, -0.1) is 5.10 Å². The van der Waals surface area contributed by atoms with Crippen LogP contribution in [0.15, 0.2) is 30.6 Å². The van der Waals surface area contributed by atoms with Crippen LogP contribution in [-0.4, -0.2) is 36.4 Å². The highest BCUT2D eigenvalue weighted by molar-refractivity contribution is 5.42. The molecule has 1 aromatic carbocycles. The van der Waals surface area contributed by atoms with Gasteiger partial charge in [0.15, 0.2) is 5.82 Å². The molecule has 148 valence electrons. The average Bonchev–Trinajstić information content (AvgIpc) is 3.29. The lowest BCUT2D eigenvalue weighted by atomic mass is 10.1. The largest absolute Gasteiger partial charge is 0.416 e. The molecule has 0 aliphatic carbocycles. The van der Waals surface area contributed by atoms with Gasteiger partial charge in [0.25, 0.3) is 0 Å². The number of fused-ring (bicyclic) bond motifs is 1. The van der Waals surface area contributed by atoms with Crippen LogP contribution < -0.4 is 10.6 Å². The third-order valence-electron chi connectivity index (χ3n) is 4.64. The molecule has 0 spiro atoms. The Kier molecular flexibility index (Phi) is 4.99. The Bertz CT molecular complexity index is 929. The van der Waals surface area contributed by atoms with Gasteiger partial charge in [-0.05, 0) is 34.5 Å². The van der Waals surface area contributed by atoms with Crippen molar-refractivity contribution in [2.24, 2.45) is 0 Å². The summed E-state index contributed by atoms with van der Waals surface area (Å²) in [6, 6.07) is 5.07.